The van der Waals surface area contributed by atoms with Gasteiger partial charge in [-0.2, -0.15) is 18.3 Å². The van der Waals surface area contributed by atoms with Crippen LogP contribution in [-0.2, 0) is 19.1 Å². The molecule has 0 radical (unpaired) electrons. The van der Waals surface area contributed by atoms with Crippen LogP contribution in [-0.4, -0.2) is 27.4 Å². The van der Waals surface area contributed by atoms with E-state index >= 15 is 0 Å². The number of halogens is 3. The predicted octanol–water partition coefficient (Wildman–Crippen LogP) is 2.31. The van der Waals surface area contributed by atoms with Gasteiger partial charge < -0.3 is 10.4 Å². The van der Waals surface area contributed by atoms with Gasteiger partial charge in [-0.1, -0.05) is 18.2 Å². The van der Waals surface area contributed by atoms with Gasteiger partial charge in [0.2, 0.25) is 0 Å². The van der Waals surface area contributed by atoms with Gasteiger partial charge in [0.1, 0.15) is 0 Å². The third kappa shape index (κ3) is 3.01. The van der Waals surface area contributed by atoms with Crippen molar-refractivity contribution >= 4 is 5.91 Å². The first-order chi connectivity index (χ1) is 11.4. The fourth-order valence-electron chi connectivity index (χ4n) is 2.97. The minimum atomic E-state index is -4.56. The molecule has 128 valence electrons. The van der Waals surface area contributed by atoms with Crippen LogP contribution in [0, 0.1) is 0 Å². The van der Waals surface area contributed by atoms with Gasteiger partial charge in [0, 0.05) is 6.54 Å². The van der Waals surface area contributed by atoms with Crippen LogP contribution >= 0.6 is 0 Å². The molecule has 2 aromatic rings. The number of hydrogen-bond acceptors (Lipinski definition) is 3. The standard InChI is InChI=1S/C16H16F3N3O2/c17-16(18,19)12-5-2-1-4-10(12)13(9-23)21-15(24)11-8-20-22-7-3-6-14(11)22/h1-2,4-5,8,13,23H,3,6-7,9H2,(H,21,24). The smallest absolute Gasteiger partial charge is 0.394 e. The van der Waals surface area contributed by atoms with Gasteiger partial charge in [0.05, 0.1) is 35.7 Å². The van der Waals surface area contributed by atoms with Gasteiger partial charge in [-0.15, -0.1) is 0 Å². The van der Waals surface area contributed by atoms with Crippen LogP contribution in [0.3, 0.4) is 0 Å². The average molecular weight is 339 g/mol. The summed E-state index contributed by atoms with van der Waals surface area (Å²) < 4.78 is 41.1. The SMILES string of the molecule is O=C(NC(CO)c1ccccc1C(F)(F)F)c1cnn2c1CCC2. The van der Waals surface area contributed by atoms with Crippen molar-refractivity contribution in [3.05, 3.63) is 52.8 Å². The van der Waals surface area contributed by atoms with Crippen molar-refractivity contribution < 1.29 is 23.1 Å². The predicted molar refractivity (Wildman–Crippen MR) is 79.3 cm³/mol. The van der Waals surface area contributed by atoms with Crippen molar-refractivity contribution in [1.82, 2.24) is 15.1 Å². The van der Waals surface area contributed by atoms with Crippen LogP contribution < -0.4 is 5.32 Å². The highest BCUT2D eigenvalue weighted by Gasteiger charge is 2.35. The number of carbonyl (C=O) groups excluding carboxylic acids is 1. The van der Waals surface area contributed by atoms with Gasteiger partial charge in [0.25, 0.3) is 5.91 Å². The van der Waals surface area contributed by atoms with Crippen molar-refractivity contribution in [2.24, 2.45) is 0 Å². The fourth-order valence-corrected chi connectivity index (χ4v) is 2.97. The van der Waals surface area contributed by atoms with Gasteiger partial charge in [0.15, 0.2) is 0 Å². The molecule has 8 heteroatoms. The van der Waals surface area contributed by atoms with Crippen LogP contribution in [0.25, 0.3) is 0 Å². The molecule has 0 aliphatic carbocycles. The molecule has 2 N–H and O–H groups in total. The summed E-state index contributed by atoms with van der Waals surface area (Å²) in [5.74, 6) is -0.533. The summed E-state index contributed by atoms with van der Waals surface area (Å²) >= 11 is 0. The Labute approximate surface area is 136 Å². The Morgan fingerprint density at radius 3 is 2.83 bits per heavy atom. The van der Waals surface area contributed by atoms with E-state index < -0.39 is 30.3 Å². The number of rotatable bonds is 4. The number of nitrogens with zero attached hydrogens (tertiary/aromatic N) is 2. The molecule has 0 bridgehead atoms. The molecular weight excluding hydrogens is 323 g/mol. The number of nitrogens with one attached hydrogen (secondary N) is 1. The lowest BCUT2D eigenvalue weighted by molar-refractivity contribution is -0.138. The Balaban J connectivity index is 1.87. The zero-order chi connectivity index (χ0) is 17.3. The highest BCUT2D eigenvalue weighted by atomic mass is 19.4. The maximum atomic E-state index is 13.1. The van der Waals surface area contributed by atoms with Gasteiger partial charge in [-0.3, -0.25) is 9.48 Å². The molecule has 0 saturated carbocycles. The second kappa shape index (κ2) is 6.27. The summed E-state index contributed by atoms with van der Waals surface area (Å²) in [6.07, 6.45) is -1.57. The molecule has 1 aliphatic heterocycles. The topological polar surface area (TPSA) is 67.2 Å². The molecule has 1 unspecified atom stereocenters. The number of carbonyl (C=O) groups is 1. The zero-order valence-electron chi connectivity index (χ0n) is 12.7. The highest BCUT2D eigenvalue weighted by molar-refractivity contribution is 5.95. The van der Waals surface area contributed by atoms with Crippen molar-refractivity contribution in [3.8, 4) is 0 Å². The van der Waals surface area contributed by atoms with Gasteiger partial charge >= 0.3 is 6.18 Å². The maximum absolute atomic E-state index is 13.1. The lowest BCUT2D eigenvalue weighted by atomic mass is 10.00. The van der Waals surface area contributed by atoms with Gasteiger partial charge in [-0.25, -0.2) is 0 Å². The summed E-state index contributed by atoms with van der Waals surface area (Å²) in [6.45, 7) is 0.0885. The largest absolute Gasteiger partial charge is 0.416 e. The lowest BCUT2D eigenvalue weighted by Crippen LogP contribution is -2.32. The number of aliphatic hydroxyl groups is 1. The lowest BCUT2D eigenvalue weighted by Gasteiger charge is -2.21. The third-order valence-corrected chi connectivity index (χ3v) is 4.11. The van der Waals surface area contributed by atoms with E-state index in [1.165, 1.54) is 24.4 Å². The number of alkyl halides is 3. The minimum Gasteiger partial charge on any atom is -0.394 e. The molecule has 5 nitrogen and oxygen atoms in total. The molecule has 1 amide bonds. The van der Waals surface area contributed by atoms with Crippen molar-refractivity contribution in [1.29, 1.82) is 0 Å². The van der Waals surface area contributed by atoms with Crippen molar-refractivity contribution in [2.45, 2.75) is 31.6 Å². The quantitative estimate of drug-likeness (QED) is 0.898. The number of aromatic nitrogens is 2. The number of fused-ring (bicyclic) bond motifs is 1. The second-order valence-corrected chi connectivity index (χ2v) is 5.63. The monoisotopic (exact) mass is 339 g/mol. The zero-order valence-corrected chi connectivity index (χ0v) is 12.7. The molecular formula is C16H16F3N3O2. The normalized spacial score (nSPS) is 15.2. The molecule has 1 atom stereocenters. The molecule has 1 aliphatic rings. The van der Waals surface area contributed by atoms with E-state index in [9.17, 15) is 23.1 Å². The minimum absolute atomic E-state index is 0.162. The number of aryl methyl sites for hydroxylation is 1. The van der Waals surface area contributed by atoms with Crippen LogP contribution in [0.5, 0.6) is 0 Å². The molecule has 2 heterocycles. The summed E-state index contributed by atoms with van der Waals surface area (Å²) in [5.41, 5.74) is 0.0815. The highest BCUT2D eigenvalue weighted by Crippen LogP contribution is 2.34. The Kier molecular flexibility index (Phi) is 4.31. The first-order valence-electron chi connectivity index (χ1n) is 7.54. The Bertz CT molecular complexity index is 755. The van der Waals surface area contributed by atoms with Crippen LogP contribution in [0.4, 0.5) is 13.2 Å². The van der Waals surface area contributed by atoms with E-state index in [0.29, 0.717) is 12.0 Å². The molecule has 3 rings (SSSR count). The van der Waals surface area contributed by atoms with E-state index in [-0.39, 0.29) is 5.56 Å². The average Bonchev–Trinajstić information content (AvgIpc) is 3.14. The fraction of sp³-hybridized carbons (Fsp3) is 0.375. The maximum Gasteiger partial charge on any atom is 0.416 e. The molecule has 0 fully saturated rings. The van der Waals surface area contributed by atoms with E-state index in [1.807, 2.05) is 0 Å². The van der Waals surface area contributed by atoms with Crippen LogP contribution in [0.1, 0.15) is 39.6 Å². The first-order valence-corrected chi connectivity index (χ1v) is 7.54. The van der Waals surface area contributed by atoms with E-state index in [2.05, 4.69) is 10.4 Å². The molecule has 0 saturated heterocycles. The Morgan fingerprint density at radius 1 is 1.38 bits per heavy atom. The third-order valence-electron chi connectivity index (χ3n) is 4.11. The number of aliphatic hydroxyl groups excluding tert-OH is 1. The molecule has 1 aromatic heterocycles. The van der Waals surface area contributed by atoms with Crippen molar-refractivity contribution in [3.63, 3.8) is 0 Å². The first kappa shape index (κ1) is 16.5. The second-order valence-electron chi connectivity index (χ2n) is 5.63. The number of hydrogen-bond donors (Lipinski definition) is 2. The van der Waals surface area contributed by atoms with Crippen LogP contribution in [0.15, 0.2) is 30.5 Å². The van der Waals surface area contributed by atoms with E-state index in [1.54, 1.807) is 4.68 Å². The van der Waals surface area contributed by atoms with Crippen molar-refractivity contribution in [2.75, 3.05) is 6.61 Å². The molecule has 0 spiro atoms. The summed E-state index contributed by atoms with van der Waals surface area (Å²) in [5, 5.41) is 16.1. The molecule has 1 aromatic carbocycles. The van der Waals surface area contributed by atoms with Crippen LogP contribution in [0.2, 0.25) is 0 Å². The molecule has 24 heavy (non-hydrogen) atoms. The Morgan fingerprint density at radius 2 is 2.12 bits per heavy atom. The summed E-state index contributed by atoms with van der Waals surface area (Å²) in [7, 11) is 0. The summed E-state index contributed by atoms with van der Waals surface area (Å²) in [4.78, 5) is 12.4. The number of benzene rings is 1. The van der Waals surface area contributed by atoms with E-state index in [4.69, 9.17) is 0 Å². The van der Waals surface area contributed by atoms with Gasteiger partial charge in [-0.05, 0) is 24.5 Å². The van der Waals surface area contributed by atoms with E-state index in [0.717, 1.165) is 24.7 Å². The summed E-state index contributed by atoms with van der Waals surface area (Å²) in [6, 6.07) is 3.76. The number of amides is 1. The Hall–Kier alpha value is -2.35.